The van der Waals surface area contributed by atoms with Gasteiger partial charge < -0.3 is 0 Å². The van der Waals surface area contributed by atoms with E-state index in [1.54, 1.807) is 0 Å². The van der Waals surface area contributed by atoms with Gasteiger partial charge >= 0.3 is 0 Å². The molecule has 0 saturated heterocycles. The first-order chi connectivity index (χ1) is 7.81. The average Bonchev–Trinajstić information content (AvgIpc) is 2.35. The van der Waals surface area contributed by atoms with E-state index in [4.69, 9.17) is 0 Å². The zero-order chi connectivity index (χ0) is 11.8. The van der Waals surface area contributed by atoms with E-state index in [0.717, 1.165) is 11.8 Å². The molecule has 0 saturated carbocycles. The van der Waals surface area contributed by atoms with E-state index in [-0.39, 0.29) is 0 Å². The van der Waals surface area contributed by atoms with E-state index in [1.165, 1.54) is 37.7 Å². The molecule has 0 N–H and O–H groups in total. The van der Waals surface area contributed by atoms with Crippen molar-refractivity contribution >= 4 is 0 Å². The fourth-order valence-electron chi connectivity index (χ4n) is 2.73. The zero-order valence-corrected chi connectivity index (χ0v) is 11.1. The summed E-state index contributed by atoms with van der Waals surface area (Å²) in [6, 6.07) is 10.9. The molecule has 0 unspecified atom stereocenters. The standard InChI is InChI=1S/C16H26/c1-4-15(5-2)16(6-3)13-12-14-10-8-7-9-11-14/h7-11,15-16H,4-6,12-13H2,1-3H3/t16-/m1/s1. The van der Waals surface area contributed by atoms with E-state index in [1.807, 2.05) is 0 Å². The third kappa shape index (κ3) is 4.00. The lowest BCUT2D eigenvalue weighted by molar-refractivity contribution is 0.286. The number of aryl methyl sites for hydroxylation is 1. The van der Waals surface area contributed by atoms with Crippen LogP contribution in [0.5, 0.6) is 0 Å². The largest absolute Gasteiger partial charge is 0.0651 e. The Morgan fingerprint density at radius 3 is 1.88 bits per heavy atom. The molecule has 0 nitrogen and oxygen atoms in total. The summed E-state index contributed by atoms with van der Waals surface area (Å²) in [5.74, 6) is 1.84. The van der Waals surface area contributed by atoms with E-state index < -0.39 is 0 Å². The molecule has 1 atom stereocenters. The van der Waals surface area contributed by atoms with Crippen LogP contribution in [-0.4, -0.2) is 0 Å². The molecule has 0 bridgehead atoms. The molecule has 90 valence electrons. The Morgan fingerprint density at radius 2 is 1.38 bits per heavy atom. The van der Waals surface area contributed by atoms with Crippen molar-refractivity contribution in [3.05, 3.63) is 35.9 Å². The molecular formula is C16H26. The maximum absolute atomic E-state index is 2.34. The second-order valence-corrected chi connectivity index (χ2v) is 4.77. The summed E-state index contributed by atoms with van der Waals surface area (Å²) in [6.07, 6.45) is 6.61. The molecule has 0 aromatic heterocycles. The summed E-state index contributed by atoms with van der Waals surface area (Å²) in [6.45, 7) is 7.01. The Labute approximate surface area is 101 Å². The van der Waals surface area contributed by atoms with Crippen LogP contribution in [0.1, 0.15) is 52.0 Å². The van der Waals surface area contributed by atoms with Crippen LogP contribution in [0.15, 0.2) is 30.3 Å². The van der Waals surface area contributed by atoms with Crippen LogP contribution in [0.2, 0.25) is 0 Å². The SMILES string of the molecule is CCC(CC)[C@H](CC)CCc1ccccc1. The molecule has 0 spiro atoms. The zero-order valence-electron chi connectivity index (χ0n) is 11.1. The molecule has 0 aliphatic rings. The monoisotopic (exact) mass is 218 g/mol. The third-order valence-corrected chi connectivity index (χ3v) is 3.89. The van der Waals surface area contributed by atoms with Crippen LogP contribution in [0.3, 0.4) is 0 Å². The maximum Gasteiger partial charge on any atom is -0.0276 e. The molecule has 0 fully saturated rings. The number of benzene rings is 1. The maximum atomic E-state index is 2.34. The van der Waals surface area contributed by atoms with Crippen molar-refractivity contribution in [3.63, 3.8) is 0 Å². The Morgan fingerprint density at radius 1 is 0.812 bits per heavy atom. The lowest BCUT2D eigenvalue weighted by atomic mass is 9.82. The van der Waals surface area contributed by atoms with Gasteiger partial charge in [-0.2, -0.15) is 0 Å². The molecule has 0 heteroatoms. The summed E-state index contributed by atoms with van der Waals surface area (Å²) in [4.78, 5) is 0. The smallest absolute Gasteiger partial charge is 0.0276 e. The van der Waals surface area contributed by atoms with E-state index >= 15 is 0 Å². The van der Waals surface area contributed by atoms with Crippen molar-refractivity contribution in [2.75, 3.05) is 0 Å². The Balaban J connectivity index is 2.45. The third-order valence-electron chi connectivity index (χ3n) is 3.89. The van der Waals surface area contributed by atoms with Crippen molar-refractivity contribution in [1.29, 1.82) is 0 Å². The van der Waals surface area contributed by atoms with Crippen molar-refractivity contribution in [3.8, 4) is 0 Å². The van der Waals surface area contributed by atoms with Gasteiger partial charge in [0.1, 0.15) is 0 Å². The fraction of sp³-hybridized carbons (Fsp3) is 0.625. The lowest BCUT2D eigenvalue weighted by Crippen LogP contribution is -2.13. The van der Waals surface area contributed by atoms with Crippen molar-refractivity contribution < 1.29 is 0 Å². The fourth-order valence-corrected chi connectivity index (χ4v) is 2.73. The van der Waals surface area contributed by atoms with Gasteiger partial charge in [0.05, 0.1) is 0 Å². The van der Waals surface area contributed by atoms with Gasteiger partial charge in [-0.3, -0.25) is 0 Å². The summed E-state index contributed by atoms with van der Waals surface area (Å²) in [5.41, 5.74) is 1.49. The van der Waals surface area contributed by atoms with E-state index in [0.29, 0.717) is 0 Å². The van der Waals surface area contributed by atoms with Crippen LogP contribution in [0, 0.1) is 11.8 Å². The molecule has 0 heterocycles. The first kappa shape index (κ1) is 13.3. The van der Waals surface area contributed by atoms with Gasteiger partial charge in [-0.1, -0.05) is 70.4 Å². The summed E-state index contributed by atoms with van der Waals surface area (Å²) in [7, 11) is 0. The van der Waals surface area contributed by atoms with E-state index in [9.17, 15) is 0 Å². The normalized spacial score (nSPS) is 13.0. The van der Waals surface area contributed by atoms with Crippen LogP contribution in [-0.2, 0) is 6.42 Å². The first-order valence-corrected chi connectivity index (χ1v) is 6.85. The van der Waals surface area contributed by atoms with Gasteiger partial charge in [-0.15, -0.1) is 0 Å². The minimum Gasteiger partial charge on any atom is -0.0651 e. The van der Waals surface area contributed by atoms with Crippen molar-refractivity contribution in [1.82, 2.24) is 0 Å². The molecule has 16 heavy (non-hydrogen) atoms. The Hall–Kier alpha value is -0.780. The van der Waals surface area contributed by atoms with Gasteiger partial charge in [0.15, 0.2) is 0 Å². The van der Waals surface area contributed by atoms with Crippen LogP contribution >= 0.6 is 0 Å². The molecule has 0 amide bonds. The minimum absolute atomic E-state index is 0.912. The second-order valence-electron chi connectivity index (χ2n) is 4.77. The van der Waals surface area contributed by atoms with Gasteiger partial charge in [0.2, 0.25) is 0 Å². The van der Waals surface area contributed by atoms with Crippen molar-refractivity contribution in [2.24, 2.45) is 11.8 Å². The molecule has 0 aliphatic carbocycles. The van der Waals surface area contributed by atoms with Gasteiger partial charge in [0, 0.05) is 0 Å². The average molecular weight is 218 g/mol. The summed E-state index contributed by atoms with van der Waals surface area (Å²) in [5, 5.41) is 0. The second kappa shape index (κ2) is 7.49. The summed E-state index contributed by atoms with van der Waals surface area (Å²) < 4.78 is 0. The molecule has 1 rings (SSSR count). The van der Waals surface area contributed by atoms with Gasteiger partial charge in [-0.05, 0) is 30.2 Å². The number of rotatable bonds is 7. The van der Waals surface area contributed by atoms with Crippen LogP contribution in [0.4, 0.5) is 0 Å². The van der Waals surface area contributed by atoms with Crippen LogP contribution < -0.4 is 0 Å². The Bertz CT molecular complexity index is 259. The first-order valence-electron chi connectivity index (χ1n) is 6.85. The molecule has 1 aromatic rings. The molecular weight excluding hydrogens is 192 g/mol. The minimum atomic E-state index is 0.912. The highest BCUT2D eigenvalue weighted by Gasteiger charge is 2.16. The summed E-state index contributed by atoms with van der Waals surface area (Å²) >= 11 is 0. The highest BCUT2D eigenvalue weighted by molar-refractivity contribution is 5.14. The van der Waals surface area contributed by atoms with Crippen molar-refractivity contribution in [2.45, 2.75) is 52.9 Å². The number of hydrogen-bond donors (Lipinski definition) is 0. The molecule has 0 aliphatic heterocycles. The van der Waals surface area contributed by atoms with E-state index in [2.05, 4.69) is 51.1 Å². The number of hydrogen-bond acceptors (Lipinski definition) is 0. The highest BCUT2D eigenvalue weighted by Crippen LogP contribution is 2.26. The highest BCUT2D eigenvalue weighted by atomic mass is 14.2. The molecule has 1 aromatic carbocycles. The topological polar surface area (TPSA) is 0 Å². The van der Waals surface area contributed by atoms with Crippen LogP contribution in [0.25, 0.3) is 0 Å². The molecule has 0 radical (unpaired) electrons. The predicted molar refractivity (Wildman–Crippen MR) is 72.6 cm³/mol. The lowest BCUT2D eigenvalue weighted by Gasteiger charge is -2.24. The quantitative estimate of drug-likeness (QED) is 0.598. The predicted octanol–water partition coefficient (Wildman–Crippen LogP) is 5.08. The van der Waals surface area contributed by atoms with Gasteiger partial charge in [0.25, 0.3) is 0 Å². The van der Waals surface area contributed by atoms with Gasteiger partial charge in [-0.25, -0.2) is 0 Å². The Kier molecular flexibility index (Phi) is 6.22.